The van der Waals surface area contributed by atoms with Crippen molar-refractivity contribution in [2.75, 3.05) is 39.0 Å². The predicted octanol–water partition coefficient (Wildman–Crippen LogP) is 4.51. The summed E-state index contributed by atoms with van der Waals surface area (Å²) in [6, 6.07) is 16.0. The fraction of sp³-hybridized carbons (Fsp3) is 0.269. The third kappa shape index (κ3) is 5.12. The van der Waals surface area contributed by atoms with Crippen LogP contribution in [-0.4, -0.2) is 48.0 Å². The van der Waals surface area contributed by atoms with Gasteiger partial charge in [-0.15, -0.1) is 0 Å². The van der Waals surface area contributed by atoms with E-state index in [-0.39, 0.29) is 28.1 Å². The van der Waals surface area contributed by atoms with Gasteiger partial charge in [0.05, 0.1) is 16.8 Å². The first-order valence-corrected chi connectivity index (χ1v) is 11.0. The zero-order valence-corrected chi connectivity index (χ0v) is 19.1. The van der Waals surface area contributed by atoms with Gasteiger partial charge in [-0.25, -0.2) is 4.98 Å². The summed E-state index contributed by atoms with van der Waals surface area (Å²) < 4.78 is 39.1. The van der Waals surface area contributed by atoms with Gasteiger partial charge in [0, 0.05) is 43.9 Å². The van der Waals surface area contributed by atoms with E-state index in [9.17, 15) is 23.7 Å². The zero-order chi connectivity index (χ0) is 25.2. The van der Waals surface area contributed by atoms with Crippen LogP contribution in [-0.2, 0) is 12.7 Å². The molecular formula is C26H23F3N6. The van der Waals surface area contributed by atoms with Gasteiger partial charge in [-0.3, -0.25) is 4.90 Å². The number of halogens is 3. The van der Waals surface area contributed by atoms with Gasteiger partial charge in [0.15, 0.2) is 0 Å². The number of likely N-dealkylation sites (N-methyl/N-ethyl adjacent to an activating group) is 1. The summed E-state index contributed by atoms with van der Waals surface area (Å²) in [6.45, 7) is 4.61. The Morgan fingerprint density at radius 1 is 0.943 bits per heavy atom. The van der Waals surface area contributed by atoms with E-state index >= 15 is 0 Å². The Morgan fingerprint density at radius 3 is 2.20 bits per heavy atom. The van der Waals surface area contributed by atoms with Crippen molar-refractivity contribution in [1.29, 1.82) is 10.5 Å². The first-order chi connectivity index (χ1) is 16.7. The second-order valence-electron chi connectivity index (χ2n) is 8.55. The minimum absolute atomic E-state index is 0.0429. The fourth-order valence-electron chi connectivity index (χ4n) is 4.23. The minimum atomic E-state index is -4.50. The first kappa shape index (κ1) is 24.2. The number of nitriles is 2. The molecule has 0 radical (unpaired) electrons. The van der Waals surface area contributed by atoms with Crippen molar-refractivity contribution >= 4 is 5.82 Å². The molecule has 1 fully saturated rings. The Kier molecular flexibility index (Phi) is 6.74. The molecule has 2 heterocycles. The Morgan fingerprint density at radius 2 is 1.60 bits per heavy atom. The zero-order valence-electron chi connectivity index (χ0n) is 19.1. The number of hydrogen-bond acceptors (Lipinski definition) is 6. The Balaban J connectivity index is 1.78. The lowest BCUT2D eigenvalue weighted by Crippen LogP contribution is -2.43. The molecule has 2 N–H and O–H groups in total. The molecule has 35 heavy (non-hydrogen) atoms. The molecule has 1 aromatic heterocycles. The van der Waals surface area contributed by atoms with Gasteiger partial charge in [-0.05, 0) is 36.4 Å². The first-order valence-electron chi connectivity index (χ1n) is 11.0. The predicted molar refractivity (Wildman–Crippen MR) is 127 cm³/mol. The Hall–Kier alpha value is -3.92. The molecule has 0 atom stereocenters. The highest BCUT2D eigenvalue weighted by atomic mass is 19.4. The van der Waals surface area contributed by atoms with Gasteiger partial charge >= 0.3 is 6.18 Å². The van der Waals surface area contributed by atoms with Crippen LogP contribution in [0.3, 0.4) is 0 Å². The average molecular weight is 477 g/mol. The van der Waals surface area contributed by atoms with Crippen LogP contribution in [0.25, 0.3) is 22.4 Å². The van der Waals surface area contributed by atoms with Crippen LogP contribution in [0.5, 0.6) is 0 Å². The number of nitrogens with zero attached hydrogens (tertiary/aromatic N) is 5. The second kappa shape index (κ2) is 9.75. The SMILES string of the molecule is CN1CCN(Cc2cccc(-c3nc(N)c(C#N)c(-c4ccc(C(F)(F)F)cc4)c3C#N)c2)CC1. The van der Waals surface area contributed by atoms with Crippen LogP contribution >= 0.6 is 0 Å². The number of hydrogen-bond donors (Lipinski definition) is 1. The molecule has 3 aromatic rings. The van der Waals surface area contributed by atoms with Crippen molar-refractivity contribution < 1.29 is 13.2 Å². The van der Waals surface area contributed by atoms with Crippen molar-refractivity contribution in [3.63, 3.8) is 0 Å². The number of aromatic nitrogens is 1. The molecular weight excluding hydrogens is 453 g/mol. The van der Waals surface area contributed by atoms with Crippen LogP contribution in [0, 0.1) is 22.7 Å². The van der Waals surface area contributed by atoms with Crippen molar-refractivity contribution in [1.82, 2.24) is 14.8 Å². The van der Waals surface area contributed by atoms with Crippen molar-refractivity contribution in [3.8, 4) is 34.5 Å². The topological polar surface area (TPSA) is 93.0 Å². The van der Waals surface area contributed by atoms with Gasteiger partial charge < -0.3 is 10.6 Å². The van der Waals surface area contributed by atoms with E-state index in [1.165, 1.54) is 12.1 Å². The summed E-state index contributed by atoms with van der Waals surface area (Å²) in [5.41, 5.74) is 7.76. The summed E-state index contributed by atoms with van der Waals surface area (Å²) in [5.74, 6) is -0.0825. The highest BCUT2D eigenvalue weighted by Crippen LogP contribution is 2.38. The van der Waals surface area contributed by atoms with Crippen LogP contribution in [0.4, 0.5) is 19.0 Å². The fourth-order valence-corrected chi connectivity index (χ4v) is 4.23. The van der Waals surface area contributed by atoms with E-state index < -0.39 is 11.7 Å². The van der Waals surface area contributed by atoms with Crippen LogP contribution < -0.4 is 5.73 Å². The molecule has 0 bridgehead atoms. The van der Waals surface area contributed by atoms with Crippen LogP contribution in [0.2, 0.25) is 0 Å². The van der Waals surface area contributed by atoms with E-state index in [1.54, 1.807) is 6.07 Å². The molecule has 1 aliphatic heterocycles. The summed E-state index contributed by atoms with van der Waals surface area (Å²) in [5, 5.41) is 19.7. The number of nitrogens with two attached hydrogens (primary N) is 1. The number of benzene rings is 2. The molecule has 6 nitrogen and oxygen atoms in total. The third-order valence-corrected chi connectivity index (χ3v) is 6.15. The smallest absolute Gasteiger partial charge is 0.383 e. The number of pyridine rings is 1. The molecule has 0 unspecified atom stereocenters. The van der Waals surface area contributed by atoms with E-state index in [2.05, 4.69) is 27.9 Å². The number of alkyl halides is 3. The van der Waals surface area contributed by atoms with Crippen LogP contribution in [0.1, 0.15) is 22.3 Å². The molecule has 1 saturated heterocycles. The normalized spacial score (nSPS) is 14.9. The minimum Gasteiger partial charge on any atom is -0.383 e. The summed E-state index contributed by atoms with van der Waals surface area (Å²) in [7, 11) is 2.09. The monoisotopic (exact) mass is 476 g/mol. The van der Waals surface area contributed by atoms with Crippen LogP contribution in [0.15, 0.2) is 48.5 Å². The highest BCUT2D eigenvalue weighted by molar-refractivity contribution is 5.87. The Labute approximate surface area is 201 Å². The van der Waals surface area contributed by atoms with Gasteiger partial charge in [-0.2, -0.15) is 23.7 Å². The van der Waals surface area contributed by atoms with E-state index in [0.717, 1.165) is 50.4 Å². The third-order valence-electron chi connectivity index (χ3n) is 6.15. The summed E-state index contributed by atoms with van der Waals surface area (Å²) in [4.78, 5) is 8.98. The molecule has 1 aliphatic rings. The lowest BCUT2D eigenvalue weighted by Gasteiger charge is -2.32. The standard InChI is InChI=1S/C26H23F3N6/c1-34-9-11-35(12-10-34)16-17-3-2-4-19(13-17)24-21(14-30)23(22(15-31)25(32)33-24)18-5-7-20(8-6-18)26(27,28)29/h2-8,13H,9-12,16H2,1H3,(H2,32,33). The van der Waals surface area contributed by atoms with Gasteiger partial charge in [-0.1, -0.05) is 30.3 Å². The Bertz CT molecular complexity index is 1310. The average Bonchev–Trinajstić information content (AvgIpc) is 2.84. The highest BCUT2D eigenvalue weighted by Gasteiger charge is 2.30. The number of anilines is 1. The second-order valence-corrected chi connectivity index (χ2v) is 8.55. The number of nitrogen functional groups attached to an aromatic ring is 1. The maximum Gasteiger partial charge on any atom is 0.416 e. The molecule has 0 saturated carbocycles. The van der Waals surface area contributed by atoms with Gasteiger partial charge in [0.1, 0.15) is 23.5 Å². The van der Waals surface area contributed by atoms with Gasteiger partial charge in [0.2, 0.25) is 0 Å². The number of piperazine rings is 1. The van der Waals surface area contributed by atoms with E-state index in [4.69, 9.17) is 5.73 Å². The lowest BCUT2D eigenvalue weighted by atomic mass is 9.91. The molecule has 0 aliphatic carbocycles. The maximum absolute atomic E-state index is 13.0. The molecule has 9 heteroatoms. The lowest BCUT2D eigenvalue weighted by molar-refractivity contribution is -0.137. The largest absolute Gasteiger partial charge is 0.416 e. The molecule has 0 amide bonds. The van der Waals surface area contributed by atoms with Crippen molar-refractivity contribution in [2.45, 2.75) is 12.7 Å². The van der Waals surface area contributed by atoms with E-state index in [0.29, 0.717) is 11.3 Å². The van der Waals surface area contributed by atoms with E-state index in [1.807, 2.05) is 24.3 Å². The maximum atomic E-state index is 13.0. The summed E-state index contributed by atoms with van der Waals surface area (Å²) >= 11 is 0. The molecule has 0 spiro atoms. The number of rotatable bonds is 4. The molecule has 2 aromatic carbocycles. The van der Waals surface area contributed by atoms with Gasteiger partial charge in [0.25, 0.3) is 0 Å². The van der Waals surface area contributed by atoms with Crippen molar-refractivity contribution in [3.05, 3.63) is 70.8 Å². The quantitative estimate of drug-likeness (QED) is 0.596. The van der Waals surface area contributed by atoms with Crippen molar-refractivity contribution in [2.24, 2.45) is 0 Å². The summed E-state index contributed by atoms with van der Waals surface area (Å²) in [6.07, 6.45) is -4.50. The molecule has 178 valence electrons. The molecule has 4 rings (SSSR count).